The third-order valence-corrected chi connectivity index (χ3v) is 4.98. The van der Waals surface area contributed by atoms with Crippen LogP contribution >= 0.6 is 0 Å². The molecular formula is C27H25N3O3. The lowest BCUT2D eigenvalue weighted by Crippen LogP contribution is -2.20. The second kappa shape index (κ2) is 10.8. The van der Waals surface area contributed by atoms with E-state index in [1.54, 1.807) is 24.3 Å². The van der Waals surface area contributed by atoms with Crippen LogP contribution in [0.1, 0.15) is 22.3 Å². The van der Waals surface area contributed by atoms with Gasteiger partial charge in [-0.1, -0.05) is 48.0 Å². The lowest BCUT2D eigenvalue weighted by Gasteiger charge is -2.10. The van der Waals surface area contributed by atoms with Crippen molar-refractivity contribution < 1.29 is 14.3 Å². The monoisotopic (exact) mass is 439 g/mol. The summed E-state index contributed by atoms with van der Waals surface area (Å²) >= 11 is 0. The molecule has 2 N–H and O–H groups in total. The Kier molecular flexibility index (Phi) is 7.61. The Morgan fingerprint density at radius 1 is 0.909 bits per heavy atom. The van der Waals surface area contributed by atoms with Crippen LogP contribution in [0.2, 0.25) is 0 Å². The number of para-hydroxylation sites is 1. The first-order valence-corrected chi connectivity index (χ1v) is 10.4. The fraction of sp³-hybridized carbons (Fsp3) is 0.148. The predicted octanol–water partition coefficient (Wildman–Crippen LogP) is 5.18. The number of hydrogen-bond acceptors (Lipinski definition) is 4. The third-order valence-electron chi connectivity index (χ3n) is 4.98. The summed E-state index contributed by atoms with van der Waals surface area (Å²) < 4.78 is 5.54. The van der Waals surface area contributed by atoms with Gasteiger partial charge in [-0.15, -0.1) is 0 Å². The zero-order valence-corrected chi connectivity index (χ0v) is 18.8. The third kappa shape index (κ3) is 6.55. The summed E-state index contributed by atoms with van der Waals surface area (Å²) in [5.74, 6) is -0.230. The van der Waals surface area contributed by atoms with E-state index >= 15 is 0 Å². The van der Waals surface area contributed by atoms with Gasteiger partial charge in [0.1, 0.15) is 17.4 Å². The molecule has 0 heterocycles. The Balaban J connectivity index is 1.59. The topological polar surface area (TPSA) is 91.2 Å². The van der Waals surface area contributed by atoms with Crippen molar-refractivity contribution >= 4 is 29.3 Å². The van der Waals surface area contributed by atoms with Gasteiger partial charge in [-0.05, 0) is 67.8 Å². The average Bonchev–Trinajstić information content (AvgIpc) is 2.80. The molecule has 6 nitrogen and oxygen atoms in total. The Labute approximate surface area is 193 Å². The molecule has 166 valence electrons. The van der Waals surface area contributed by atoms with E-state index in [1.807, 2.05) is 69.3 Å². The van der Waals surface area contributed by atoms with Crippen molar-refractivity contribution in [3.63, 3.8) is 0 Å². The number of benzene rings is 3. The minimum atomic E-state index is -0.474. The number of nitrogens with zero attached hydrogens (tertiary/aromatic N) is 1. The van der Waals surface area contributed by atoms with E-state index < -0.39 is 5.91 Å². The molecule has 0 aromatic heterocycles. The van der Waals surface area contributed by atoms with Gasteiger partial charge in [0.2, 0.25) is 0 Å². The number of anilines is 2. The van der Waals surface area contributed by atoms with Crippen LogP contribution in [0.5, 0.6) is 5.75 Å². The maximum absolute atomic E-state index is 12.5. The van der Waals surface area contributed by atoms with Crippen LogP contribution in [0.25, 0.3) is 6.08 Å². The average molecular weight is 440 g/mol. The van der Waals surface area contributed by atoms with E-state index in [0.717, 1.165) is 22.4 Å². The highest BCUT2D eigenvalue weighted by Crippen LogP contribution is 2.19. The Morgan fingerprint density at radius 3 is 2.27 bits per heavy atom. The first-order chi connectivity index (χ1) is 15.9. The summed E-state index contributed by atoms with van der Waals surface area (Å²) in [4.78, 5) is 24.7. The quantitative estimate of drug-likeness (QED) is 0.392. The normalized spacial score (nSPS) is 10.8. The molecule has 0 radical (unpaired) electrons. The number of nitriles is 1. The van der Waals surface area contributed by atoms with Crippen molar-refractivity contribution in [3.8, 4) is 11.8 Å². The summed E-state index contributed by atoms with van der Waals surface area (Å²) in [6.07, 6.45) is 1.51. The molecule has 2 amide bonds. The number of hydrogen-bond donors (Lipinski definition) is 2. The Hall–Kier alpha value is -4.37. The fourth-order valence-corrected chi connectivity index (χ4v) is 3.17. The largest absolute Gasteiger partial charge is 0.484 e. The molecule has 0 unspecified atom stereocenters. The first-order valence-electron chi connectivity index (χ1n) is 10.4. The van der Waals surface area contributed by atoms with E-state index in [1.165, 1.54) is 6.08 Å². The molecular weight excluding hydrogens is 414 g/mol. The van der Waals surface area contributed by atoms with E-state index in [0.29, 0.717) is 17.0 Å². The van der Waals surface area contributed by atoms with Gasteiger partial charge in [0.15, 0.2) is 6.61 Å². The molecule has 0 aliphatic rings. The Bertz CT molecular complexity index is 1240. The maximum atomic E-state index is 12.5. The molecule has 3 aromatic rings. The van der Waals surface area contributed by atoms with Crippen molar-refractivity contribution in [1.82, 2.24) is 0 Å². The molecule has 0 aliphatic carbocycles. The van der Waals surface area contributed by atoms with Gasteiger partial charge in [-0.25, -0.2) is 0 Å². The zero-order valence-electron chi connectivity index (χ0n) is 18.8. The van der Waals surface area contributed by atoms with E-state index in [4.69, 9.17) is 4.74 Å². The van der Waals surface area contributed by atoms with Crippen LogP contribution in [-0.2, 0) is 9.59 Å². The number of carbonyl (C=O) groups excluding carboxylic acids is 2. The van der Waals surface area contributed by atoms with Crippen molar-refractivity contribution in [3.05, 3.63) is 94.6 Å². The van der Waals surface area contributed by atoms with Crippen LogP contribution < -0.4 is 15.4 Å². The molecule has 0 atom stereocenters. The van der Waals surface area contributed by atoms with Crippen molar-refractivity contribution in [2.45, 2.75) is 20.8 Å². The molecule has 3 aromatic carbocycles. The predicted molar refractivity (Wildman–Crippen MR) is 130 cm³/mol. The summed E-state index contributed by atoms with van der Waals surface area (Å²) in [6, 6.07) is 21.9. The van der Waals surface area contributed by atoms with Crippen molar-refractivity contribution in [2.24, 2.45) is 0 Å². The summed E-state index contributed by atoms with van der Waals surface area (Å²) in [7, 11) is 0. The van der Waals surface area contributed by atoms with Gasteiger partial charge in [0.05, 0.1) is 0 Å². The van der Waals surface area contributed by atoms with Crippen LogP contribution in [0.15, 0.2) is 72.3 Å². The lowest BCUT2D eigenvalue weighted by molar-refractivity contribution is -0.118. The molecule has 0 fully saturated rings. The van der Waals surface area contributed by atoms with Crippen molar-refractivity contribution in [2.75, 3.05) is 17.2 Å². The van der Waals surface area contributed by atoms with Gasteiger partial charge < -0.3 is 15.4 Å². The summed E-state index contributed by atoms with van der Waals surface area (Å²) in [5, 5.41) is 15.0. The highest BCUT2D eigenvalue weighted by atomic mass is 16.5. The van der Waals surface area contributed by atoms with Gasteiger partial charge in [0.25, 0.3) is 11.8 Å². The van der Waals surface area contributed by atoms with Gasteiger partial charge >= 0.3 is 0 Å². The van der Waals surface area contributed by atoms with Crippen LogP contribution in [0.3, 0.4) is 0 Å². The number of aryl methyl sites for hydroxylation is 3. The second-order valence-corrected chi connectivity index (χ2v) is 7.66. The van der Waals surface area contributed by atoms with E-state index in [2.05, 4.69) is 10.6 Å². The maximum Gasteiger partial charge on any atom is 0.266 e. The van der Waals surface area contributed by atoms with Gasteiger partial charge in [-0.3, -0.25) is 9.59 Å². The highest BCUT2D eigenvalue weighted by molar-refractivity contribution is 6.10. The molecule has 0 spiro atoms. The van der Waals surface area contributed by atoms with E-state index in [-0.39, 0.29) is 18.1 Å². The lowest BCUT2D eigenvalue weighted by atomic mass is 10.1. The fourth-order valence-electron chi connectivity index (χ4n) is 3.17. The minimum absolute atomic E-state index is 0.0127. The summed E-state index contributed by atoms with van der Waals surface area (Å²) in [6.45, 7) is 5.66. The first kappa shape index (κ1) is 23.3. The van der Waals surface area contributed by atoms with Crippen LogP contribution in [-0.4, -0.2) is 18.4 Å². The highest BCUT2D eigenvalue weighted by Gasteiger charge is 2.11. The smallest absolute Gasteiger partial charge is 0.266 e. The standard InChI is InChI=1S/C27H25N3O3/c1-18-8-13-25(20(3)14-18)30-27(32)22(16-28)15-21-9-11-23(12-10-21)33-17-26(31)29-24-7-5-4-6-19(24)2/h4-15H,17H2,1-3H3,(H,29,31)(H,30,32)/b22-15-. The number of nitrogens with one attached hydrogen (secondary N) is 2. The second-order valence-electron chi connectivity index (χ2n) is 7.66. The van der Waals surface area contributed by atoms with Crippen molar-refractivity contribution in [1.29, 1.82) is 5.26 Å². The molecule has 33 heavy (non-hydrogen) atoms. The number of carbonyl (C=O) groups is 2. The van der Waals surface area contributed by atoms with Gasteiger partial charge in [-0.2, -0.15) is 5.26 Å². The number of rotatable bonds is 7. The minimum Gasteiger partial charge on any atom is -0.484 e. The molecule has 0 bridgehead atoms. The molecule has 0 saturated carbocycles. The molecule has 0 saturated heterocycles. The SMILES string of the molecule is Cc1ccc(NC(=O)/C(C#N)=C\c2ccc(OCC(=O)Nc3ccccc3C)cc2)c(C)c1. The summed E-state index contributed by atoms with van der Waals surface area (Å²) in [5.41, 5.74) is 5.05. The molecule has 3 rings (SSSR count). The Morgan fingerprint density at radius 2 is 1.61 bits per heavy atom. The molecule has 0 aliphatic heterocycles. The zero-order chi connectivity index (χ0) is 23.8. The number of amides is 2. The van der Waals surface area contributed by atoms with Gasteiger partial charge in [0, 0.05) is 11.4 Å². The van der Waals surface area contributed by atoms with E-state index in [9.17, 15) is 14.9 Å². The molecule has 6 heteroatoms. The van der Waals surface area contributed by atoms with Crippen LogP contribution in [0.4, 0.5) is 11.4 Å². The van der Waals surface area contributed by atoms with Crippen LogP contribution in [0, 0.1) is 32.1 Å². The number of ether oxygens (including phenoxy) is 1.